The van der Waals surface area contributed by atoms with Gasteiger partial charge in [-0.2, -0.15) is 0 Å². The molecule has 31 heavy (non-hydrogen) atoms. The zero-order valence-corrected chi connectivity index (χ0v) is 20.7. The second-order valence-corrected chi connectivity index (χ2v) is 7.90. The smallest absolute Gasteiger partial charge is 0.194 e. The molecule has 0 aliphatic carbocycles. The lowest BCUT2D eigenvalue weighted by Gasteiger charge is -2.21. The summed E-state index contributed by atoms with van der Waals surface area (Å²) in [5.41, 5.74) is 4.37. The van der Waals surface area contributed by atoms with E-state index in [2.05, 4.69) is 65.0 Å². The predicted molar refractivity (Wildman–Crippen MR) is 136 cm³/mol. The van der Waals surface area contributed by atoms with Gasteiger partial charge in [-0.3, -0.25) is 0 Å². The average molecular weight is 533 g/mol. The Morgan fingerprint density at radius 3 is 2.81 bits per heavy atom. The van der Waals surface area contributed by atoms with Crippen molar-refractivity contribution in [3.63, 3.8) is 0 Å². The summed E-state index contributed by atoms with van der Waals surface area (Å²) in [6, 6.07) is 16.5. The van der Waals surface area contributed by atoms with Crippen molar-refractivity contribution in [1.29, 1.82) is 0 Å². The van der Waals surface area contributed by atoms with Crippen molar-refractivity contribution in [2.45, 2.75) is 33.4 Å². The quantitative estimate of drug-likeness (QED) is 0.280. The minimum absolute atomic E-state index is 0. The van der Waals surface area contributed by atoms with Gasteiger partial charge < -0.3 is 19.4 Å². The molecule has 1 aliphatic rings. The first-order valence-corrected chi connectivity index (χ1v) is 10.8. The van der Waals surface area contributed by atoms with Crippen LogP contribution in [0.5, 0.6) is 0 Å². The molecule has 0 spiro atoms. The third-order valence-corrected chi connectivity index (χ3v) is 5.52. The molecule has 6 nitrogen and oxygen atoms in total. The third-order valence-electron chi connectivity index (χ3n) is 5.52. The Labute approximate surface area is 201 Å². The Morgan fingerprint density at radius 1 is 1.19 bits per heavy atom. The van der Waals surface area contributed by atoms with Crippen LogP contribution in [-0.4, -0.2) is 46.5 Å². The van der Waals surface area contributed by atoms with E-state index in [1.807, 2.05) is 18.2 Å². The number of likely N-dealkylation sites (tertiary alicyclic amines) is 1. The van der Waals surface area contributed by atoms with Gasteiger partial charge in [-0.05, 0) is 38.0 Å². The number of guanidine groups is 1. The van der Waals surface area contributed by atoms with Crippen LogP contribution in [0.1, 0.15) is 30.3 Å². The highest BCUT2D eigenvalue weighted by molar-refractivity contribution is 14.0. The Bertz CT molecular complexity index is 988. The number of fused-ring (bicyclic) bond motifs is 1. The number of imidazole rings is 1. The van der Waals surface area contributed by atoms with E-state index in [4.69, 9.17) is 14.7 Å². The largest absolute Gasteiger partial charge is 0.376 e. The van der Waals surface area contributed by atoms with Crippen LogP contribution in [0.2, 0.25) is 0 Å². The minimum Gasteiger partial charge on any atom is -0.376 e. The molecule has 2 aromatic heterocycles. The Kier molecular flexibility index (Phi) is 8.71. The molecule has 166 valence electrons. The molecule has 3 aromatic rings. The van der Waals surface area contributed by atoms with Gasteiger partial charge in [0.05, 0.1) is 25.5 Å². The van der Waals surface area contributed by atoms with E-state index in [0.29, 0.717) is 19.1 Å². The molecule has 0 bridgehead atoms. The van der Waals surface area contributed by atoms with Crippen LogP contribution in [0.15, 0.2) is 59.7 Å². The number of aromatic nitrogens is 2. The third kappa shape index (κ3) is 6.20. The molecule has 1 fully saturated rings. The standard InChI is InChI=1S/C24H31N5O.HI/c1-3-25-24(26-14-22-16-29-19(2)8-7-11-23(29)27-22)28-13-12-21(15-28)18-30-17-20-9-5-4-6-10-20;/h4-11,16,21H,3,12-15,17-18H2,1-2H3,(H,25,26);1H. The minimum atomic E-state index is 0. The van der Waals surface area contributed by atoms with Crippen LogP contribution in [-0.2, 0) is 17.9 Å². The lowest BCUT2D eigenvalue weighted by atomic mass is 10.1. The highest BCUT2D eigenvalue weighted by Gasteiger charge is 2.25. The average Bonchev–Trinajstić information content (AvgIpc) is 3.40. The van der Waals surface area contributed by atoms with Crippen LogP contribution < -0.4 is 5.32 Å². The molecular weight excluding hydrogens is 501 g/mol. The summed E-state index contributed by atoms with van der Waals surface area (Å²) in [5, 5.41) is 3.44. The van der Waals surface area contributed by atoms with E-state index < -0.39 is 0 Å². The fourth-order valence-electron chi connectivity index (χ4n) is 3.94. The number of aliphatic imine (C=N–C) groups is 1. The summed E-state index contributed by atoms with van der Waals surface area (Å²) in [5.74, 6) is 1.51. The SMILES string of the molecule is CCNC(=NCc1cn2c(C)cccc2n1)N1CCC(COCc2ccccc2)C1.I. The van der Waals surface area contributed by atoms with Gasteiger partial charge in [-0.15, -0.1) is 24.0 Å². The number of hydrogen-bond acceptors (Lipinski definition) is 3. The van der Waals surface area contributed by atoms with Crippen molar-refractivity contribution >= 4 is 35.6 Å². The molecule has 1 aromatic carbocycles. The molecule has 1 atom stereocenters. The van der Waals surface area contributed by atoms with E-state index in [0.717, 1.165) is 50.0 Å². The number of ether oxygens (including phenoxy) is 1. The first-order chi connectivity index (χ1) is 14.7. The topological polar surface area (TPSA) is 54.2 Å². The highest BCUT2D eigenvalue weighted by Crippen LogP contribution is 2.18. The van der Waals surface area contributed by atoms with Gasteiger partial charge in [0.1, 0.15) is 5.65 Å². The van der Waals surface area contributed by atoms with E-state index in [-0.39, 0.29) is 24.0 Å². The number of aryl methyl sites for hydroxylation is 1. The van der Waals surface area contributed by atoms with Crippen molar-refractivity contribution in [3.8, 4) is 0 Å². The van der Waals surface area contributed by atoms with Gasteiger partial charge in [0.25, 0.3) is 0 Å². The first kappa shape index (κ1) is 23.5. The molecule has 1 N–H and O–H groups in total. The maximum Gasteiger partial charge on any atom is 0.194 e. The summed E-state index contributed by atoms with van der Waals surface area (Å²) in [6.07, 6.45) is 3.22. The van der Waals surface area contributed by atoms with Gasteiger partial charge in [-0.25, -0.2) is 9.98 Å². The lowest BCUT2D eigenvalue weighted by Crippen LogP contribution is -2.40. The number of halogens is 1. The number of pyridine rings is 1. The molecule has 1 saturated heterocycles. The van der Waals surface area contributed by atoms with Crippen molar-refractivity contribution in [3.05, 3.63) is 71.7 Å². The van der Waals surface area contributed by atoms with Crippen LogP contribution in [0.3, 0.4) is 0 Å². The van der Waals surface area contributed by atoms with Crippen LogP contribution >= 0.6 is 24.0 Å². The zero-order chi connectivity index (χ0) is 20.8. The predicted octanol–water partition coefficient (Wildman–Crippen LogP) is 4.26. The van der Waals surface area contributed by atoms with E-state index in [1.165, 1.54) is 11.3 Å². The Hall–Kier alpha value is -2.13. The van der Waals surface area contributed by atoms with Crippen LogP contribution in [0.25, 0.3) is 5.65 Å². The molecule has 4 rings (SSSR count). The summed E-state index contributed by atoms with van der Waals surface area (Å²) in [7, 11) is 0. The van der Waals surface area contributed by atoms with E-state index in [9.17, 15) is 0 Å². The molecule has 1 unspecified atom stereocenters. The summed E-state index contributed by atoms with van der Waals surface area (Å²) in [6.45, 7) is 9.09. The van der Waals surface area contributed by atoms with Crippen molar-refractivity contribution in [1.82, 2.24) is 19.6 Å². The molecule has 1 aliphatic heterocycles. The number of rotatable bonds is 7. The second kappa shape index (κ2) is 11.5. The van der Waals surface area contributed by atoms with Gasteiger partial charge in [0.2, 0.25) is 0 Å². The van der Waals surface area contributed by atoms with Crippen molar-refractivity contribution in [2.24, 2.45) is 10.9 Å². The van der Waals surface area contributed by atoms with Crippen molar-refractivity contribution < 1.29 is 4.74 Å². The zero-order valence-electron chi connectivity index (χ0n) is 18.3. The molecule has 7 heteroatoms. The van der Waals surface area contributed by atoms with E-state index in [1.54, 1.807) is 0 Å². The van der Waals surface area contributed by atoms with Gasteiger partial charge >= 0.3 is 0 Å². The number of benzene rings is 1. The Balaban J connectivity index is 0.00000272. The molecular formula is C24H32IN5O. The van der Waals surface area contributed by atoms with Crippen molar-refractivity contribution in [2.75, 3.05) is 26.2 Å². The van der Waals surface area contributed by atoms with Gasteiger partial charge in [0.15, 0.2) is 5.96 Å². The number of hydrogen-bond donors (Lipinski definition) is 1. The van der Waals surface area contributed by atoms with Gasteiger partial charge in [0, 0.05) is 37.4 Å². The van der Waals surface area contributed by atoms with Crippen LogP contribution in [0.4, 0.5) is 0 Å². The normalized spacial score (nSPS) is 16.5. The molecule has 0 amide bonds. The number of nitrogens with one attached hydrogen (secondary N) is 1. The lowest BCUT2D eigenvalue weighted by molar-refractivity contribution is 0.0906. The molecule has 0 saturated carbocycles. The second-order valence-electron chi connectivity index (χ2n) is 7.90. The highest BCUT2D eigenvalue weighted by atomic mass is 127. The van der Waals surface area contributed by atoms with E-state index >= 15 is 0 Å². The van der Waals surface area contributed by atoms with Gasteiger partial charge in [-0.1, -0.05) is 36.4 Å². The summed E-state index contributed by atoms with van der Waals surface area (Å²) in [4.78, 5) is 11.9. The van der Waals surface area contributed by atoms with Crippen LogP contribution in [0, 0.1) is 12.8 Å². The maximum atomic E-state index is 5.97. The Morgan fingerprint density at radius 2 is 2.03 bits per heavy atom. The first-order valence-electron chi connectivity index (χ1n) is 10.8. The monoisotopic (exact) mass is 533 g/mol. The fraction of sp³-hybridized carbons (Fsp3) is 0.417. The molecule has 0 radical (unpaired) electrons. The fourth-order valence-corrected chi connectivity index (χ4v) is 3.94. The maximum absolute atomic E-state index is 5.97. The molecule has 3 heterocycles. The summed E-state index contributed by atoms with van der Waals surface area (Å²) < 4.78 is 8.08. The number of nitrogens with zero attached hydrogens (tertiary/aromatic N) is 4. The summed E-state index contributed by atoms with van der Waals surface area (Å²) >= 11 is 0.